The molecular formula is C19H17N3O7S. The average molecular weight is 431 g/mol. The summed E-state index contributed by atoms with van der Waals surface area (Å²) in [4.78, 5) is 39.7. The van der Waals surface area contributed by atoms with Crippen LogP contribution in [-0.4, -0.2) is 47.7 Å². The summed E-state index contributed by atoms with van der Waals surface area (Å²) < 4.78 is 31.8. The van der Waals surface area contributed by atoms with E-state index in [1.54, 1.807) is 12.1 Å². The van der Waals surface area contributed by atoms with Crippen LogP contribution in [0.1, 0.15) is 18.4 Å². The third-order valence-corrected chi connectivity index (χ3v) is 6.00. The Kier molecular flexibility index (Phi) is 5.83. The van der Waals surface area contributed by atoms with Crippen molar-refractivity contribution in [1.82, 2.24) is 9.29 Å². The molecule has 1 aromatic heterocycles. The minimum Gasteiger partial charge on any atom is -0.481 e. The molecular weight excluding hydrogens is 414 g/mol. The van der Waals surface area contributed by atoms with Crippen LogP contribution in [0.25, 0.3) is 5.76 Å². The highest BCUT2D eigenvalue weighted by Crippen LogP contribution is 2.37. The number of amides is 1. The van der Waals surface area contributed by atoms with E-state index in [4.69, 9.17) is 9.84 Å². The van der Waals surface area contributed by atoms with E-state index in [1.807, 2.05) is 0 Å². The standard InChI is InChI=1S/C19H17N3O7S/c1-22-17(19(26)21-14-8-4-5-11-20-14)18(29-16(25)10-9-15(23)24)12-6-2-3-7-13(12)30(22,27)28/h2-8,11H,9-10H2,1H3,(H,23,24)(H,20,21,26). The zero-order valence-electron chi connectivity index (χ0n) is 15.7. The number of carboxylic acid groups (broad SMARTS) is 1. The van der Waals surface area contributed by atoms with Gasteiger partial charge in [-0.05, 0) is 24.3 Å². The van der Waals surface area contributed by atoms with Gasteiger partial charge in [-0.25, -0.2) is 13.4 Å². The number of benzene rings is 1. The van der Waals surface area contributed by atoms with Crippen LogP contribution in [0.5, 0.6) is 0 Å². The number of nitrogens with zero attached hydrogens (tertiary/aromatic N) is 2. The van der Waals surface area contributed by atoms with E-state index in [0.29, 0.717) is 4.31 Å². The first-order valence-corrected chi connectivity index (χ1v) is 10.1. The predicted molar refractivity (Wildman–Crippen MR) is 104 cm³/mol. The van der Waals surface area contributed by atoms with Crippen LogP contribution in [0.3, 0.4) is 0 Å². The molecule has 2 aromatic rings. The van der Waals surface area contributed by atoms with E-state index in [9.17, 15) is 22.8 Å². The first-order valence-electron chi connectivity index (χ1n) is 8.69. The van der Waals surface area contributed by atoms with Gasteiger partial charge in [-0.1, -0.05) is 18.2 Å². The molecule has 156 valence electrons. The normalized spacial score (nSPS) is 14.6. The minimum absolute atomic E-state index is 0.0189. The number of ether oxygens (including phenoxy) is 1. The maximum atomic E-state index is 12.9. The first kappa shape index (κ1) is 21.0. The number of carboxylic acids is 1. The number of hydrogen-bond donors (Lipinski definition) is 2. The number of aromatic nitrogens is 1. The van der Waals surface area contributed by atoms with Gasteiger partial charge >= 0.3 is 11.9 Å². The van der Waals surface area contributed by atoms with Crippen molar-refractivity contribution >= 4 is 39.4 Å². The highest BCUT2D eigenvalue weighted by molar-refractivity contribution is 7.89. The number of aliphatic carboxylic acids is 1. The van der Waals surface area contributed by atoms with Crippen LogP contribution in [-0.2, 0) is 29.1 Å². The first-order chi connectivity index (χ1) is 14.2. The van der Waals surface area contributed by atoms with Crippen molar-refractivity contribution in [1.29, 1.82) is 0 Å². The lowest BCUT2D eigenvalue weighted by Crippen LogP contribution is -2.38. The molecule has 11 heteroatoms. The number of fused-ring (bicyclic) bond motifs is 1. The third-order valence-electron chi connectivity index (χ3n) is 4.18. The van der Waals surface area contributed by atoms with Crippen molar-refractivity contribution in [2.75, 3.05) is 12.4 Å². The van der Waals surface area contributed by atoms with E-state index in [0.717, 1.165) is 7.05 Å². The minimum atomic E-state index is -4.09. The highest BCUT2D eigenvalue weighted by Gasteiger charge is 2.39. The summed E-state index contributed by atoms with van der Waals surface area (Å²) in [5.74, 6) is -3.10. The SMILES string of the molecule is CN1C(C(=O)Nc2ccccn2)=C(OC(=O)CCC(=O)O)c2ccccc2S1(=O)=O. The molecule has 0 bridgehead atoms. The molecule has 3 rings (SSSR count). The Morgan fingerprint density at radius 1 is 1.10 bits per heavy atom. The molecule has 1 aliphatic heterocycles. The molecule has 0 saturated heterocycles. The molecule has 10 nitrogen and oxygen atoms in total. The number of nitrogens with one attached hydrogen (secondary N) is 1. The van der Waals surface area contributed by atoms with Crippen LogP contribution in [0, 0.1) is 0 Å². The van der Waals surface area contributed by atoms with Crippen LogP contribution >= 0.6 is 0 Å². The van der Waals surface area contributed by atoms with Crippen molar-refractivity contribution in [3.05, 3.63) is 59.9 Å². The van der Waals surface area contributed by atoms with Gasteiger partial charge in [0, 0.05) is 18.8 Å². The lowest BCUT2D eigenvalue weighted by molar-refractivity contribution is -0.143. The molecule has 0 unspecified atom stereocenters. The maximum Gasteiger partial charge on any atom is 0.311 e. The molecule has 2 N–H and O–H groups in total. The van der Waals surface area contributed by atoms with Crippen molar-refractivity contribution < 1.29 is 32.6 Å². The largest absolute Gasteiger partial charge is 0.481 e. The maximum absolute atomic E-state index is 12.9. The number of carbonyl (C=O) groups excluding carboxylic acids is 2. The molecule has 30 heavy (non-hydrogen) atoms. The smallest absolute Gasteiger partial charge is 0.311 e. The van der Waals surface area contributed by atoms with Gasteiger partial charge in [-0.15, -0.1) is 0 Å². The fourth-order valence-electron chi connectivity index (χ4n) is 2.75. The summed E-state index contributed by atoms with van der Waals surface area (Å²) in [6.45, 7) is 0. The predicted octanol–water partition coefficient (Wildman–Crippen LogP) is 1.43. The van der Waals surface area contributed by atoms with E-state index in [-0.39, 0.29) is 22.0 Å². The lowest BCUT2D eigenvalue weighted by Gasteiger charge is -2.30. The average Bonchev–Trinajstić information content (AvgIpc) is 2.71. The number of anilines is 1. The second-order valence-corrected chi connectivity index (χ2v) is 8.12. The number of esters is 1. The molecule has 0 spiro atoms. The van der Waals surface area contributed by atoms with E-state index in [1.165, 1.54) is 36.5 Å². The Morgan fingerprint density at radius 3 is 2.47 bits per heavy atom. The number of carbonyl (C=O) groups is 3. The summed E-state index contributed by atoms with van der Waals surface area (Å²) >= 11 is 0. The molecule has 1 aromatic carbocycles. The topological polar surface area (TPSA) is 143 Å². The number of rotatable bonds is 6. The zero-order chi connectivity index (χ0) is 21.9. The Balaban J connectivity index is 2.09. The lowest BCUT2D eigenvalue weighted by atomic mass is 10.1. The quantitative estimate of drug-likeness (QED) is 0.654. The summed E-state index contributed by atoms with van der Waals surface area (Å²) in [6, 6.07) is 10.5. The van der Waals surface area contributed by atoms with Crippen LogP contribution < -0.4 is 5.32 Å². The van der Waals surface area contributed by atoms with Crippen molar-refractivity contribution in [3.63, 3.8) is 0 Å². The van der Waals surface area contributed by atoms with Gasteiger partial charge in [0.05, 0.1) is 17.7 Å². The number of likely N-dealkylation sites (N-methyl/N-ethyl adjacent to an activating group) is 1. The number of sulfonamides is 1. The molecule has 0 saturated carbocycles. The van der Waals surface area contributed by atoms with Gasteiger partial charge in [-0.2, -0.15) is 0 Å². The van der Waals surface area contributed by atoms with Gasteiger partial charge in [-0.3, -0.25) is 18.7 Å². The molecule has 0 fully saturated rings. The molecule has 1 amide bonds. The summed E-state index contributed by atoms with van der Waals surface area (Å²) in [6.07, 6.45) is 0.511. The van der Waals surface area contributed by atoms with E-state index >= 15 is 0 Å². The van der Waals surface area contributed by atoms with Gasteiger partial charge in [0.25, 0.3) is 15.9 Å². The molecule has 2 heterocycles. The van der Waals surface area contributed by atoms with Crippen LogP contribution in [0.4, 0.5) is 5.82 Å². The second-order valence-electron chi connectivity index (χ2n) is 6.18. The number of pyridine rings is 1. The Labute approximate surface area is 171 Å². The second kappa shape index (κ2) is 8.33. The monoisotopic (exact) mass is 431 g/mol. The molecule has 0 radical (unpaired) electrons. The van der Waals surface area contributed by atoms with E-state index in [2.05, 4.69) is 10.3 Å². The van der Waals surface area contributed by atoms with Gasteiger partial charge < -0.3 is 15.2 Å². The van der Waals surface area contributed by atoms with Gasteiger partial charge in [0.2, 0.25) is 0 Å². The van der Waals surface area contributed by atoms with Crippen LogP contribution in [0.15, 0.2) is 59.3 Å². The molecule has 1 aliphatic rings. The van der Waals surface area contributed by atoms with Gasteiger partial charge in [0.1, 0.15) is 5.82 Å². The van der Waals surface area contributed by atoms with Gasteiger partial charge in [0.15, 0.2) is 11.5 Å². The van der Waals surface area contributed by atoms with Crippen molar-refractivity contribution in [2.24, 2.45) is 0 Å². The third kappa shape index (κ3) is 4.15. The molecule has 0 aliphatic carbocycles. The van der Waals surface area contributed by atoms with Crippen LogP contribution in [0.2, 0.25) is 0 Å². The summed E-state index contributed by atoms with van der Waals surface area (Å²) in [5, 5.41) is 11.2. The highest BCUT2D eigenvalue weighted by atomic mass is 32.2. The van der Waals surface area contributed by atoms with Crippen molar-refractivity contribution in [3.8, 4) is 0 Å². The van der Waals surface area contributed by atoms with E-state index < -0.39 is 46.4 Å². The Bertz CT molecular complexity index is 1140. The summed E-state index contributed by atoms with van der Waals surface area (Å²) in [5.41, 5.74) is -0.409. The fraction of sp³-hybridized carbons (Fsp3) is 0.158. The molecule has 0 atom stereocenters. The summed E-state index contributed by atoms with van der Waals surface area (Å²) in [7, 11) is -2.94. The zero-order valence-corrected chi connectivity index (χ0v) is 16.5. The Morgan fingerprint density at radius 2 is 1.80 bits per heavy atom. The van der Waals surface area contributed by atoms with Crippen molar-refractivity contribution in [2.45, 2.75) is 17.7 Å². The fourth-order valence-corrected chi connectivity index (χ4v) is 4.14. The number of hydrogen-bond acceptors (Lipinski definition) is 7. The Hall–Kier alpha value is -3.73.